The quantitative estimate of drug-likeness (QED) is 0.479. The van der Waals surface area contributed by atoms with Crippen molar-refractivity contribution in [2.45, 2.75) is 26.2 Å². The van der Waals surface area contributed by atoms with Crippen LogP contribution < -0.4 is 10.2 Å². The van der Waals surface area contributed by atoms with Gasteiger partial charge in [0.1, 0.15) is 5.01 Å². The molecular formula is C21H19N5O4S. The van der Waals surface area contributed by atoms with Crippen molar-refractivity contribution >= 4 is 39.7 Å². The molecule has 31 heavy (non-hydrogen) atoms. The number of nitrogens with zero attached hydrogens (tertiary/aromatic N) is 4. The summed E-state index contributed by atoms with van der Waals surface area (Å²) in [5.74, 6) is -0.602. The van der Waals surface area contributed by atoms with Gasteiger partial charge in [0.2, 0.25) is 11.0 Å². The van der Waals surface area contributed by atoms with Crippen molar-refractivity contribution in [2.24, 2.45) is 0 Å². The standard InChI is InChI=1S/C21H19N5O4S/c1-12-4-3-5-16(8-12)25-11-15(10-18(25)27)20-23-24-21(31-20)22-19(28)14-7-6-13(2)17(9-14)26(29)30/h3-9,15H,10-11H2,1-2H3,(H,22,24,28). The molecule has 1 aromatic heterocycles. The second kappa shape index (κ2) is 8.23. The summed E-state index contributed by atoms with van der Waals surface area (Å²) in [6, 6.07) is 12.1. The van der Waals surface area contributed by atoms with Gasteiger partial charge in [0.15, 0.2) is 0 Å². The fourth-order valence-corrected chi connectivity index (χ4v) is 4.31. The molecule has 2 heterocycles. The van der Waals surface area contributed by atoms with Crippen LogP contribution in [-0.2, 0) is 4.79 Å². The van der Waals surface area contributed by atoms with E-state index in [1.54, 1.807) is 11.8 Å². The van der Waals surface area contributed by atoms with Crippen LogP contribution in [0.15, 0.2) is 42.5 Å². The van der Waals surface area contributed by atoms with Crippen LogP contribution in [0.4, 0.5) is 16.5 Å². The average Bonchev–Trinajstić information content (AvgIpc) is 3.34. The predicted octanol–water partition coefficient (Wildman–Crippen LogP) is 3.84. The zero-order valence-electron chi connectivity index (χ0n) is 16.9. The Kier molecular flexibility index (Phi) is 5.47. The number of nitro groups is 1. The molecule has 1 fully saturated rings. The molecule has 1 N–H and O–H groups in total. The van der Waals surface area contributed by atoms with E-state index in [-0.39, 0.29) is 28.2 Å². The number of nitro benzene ring substituents is 1. The maximum absolute atomic E-state index is 12.5. The molecule has 1 aliphatic rings. The van der Waals surface area contributed by atoms with Crippen molar-refractivity contribution in [1.82, 2.24) is 10.2 Å². The van der Waals surface area contributed by atoms with E-state index in [0.29, 0.717) is 23.5 Å². The van der Waals surface area contributed by atoms with Crippen molar-refractivity contribution in [2.75, 3.05) is 16.8 Å². The minimum atomic E-state index is -0.522. The Bertz CT molecular complexity index is 1190. The van der Waals surface area contributed by atoms with Gasteiger partial charge in [-0.05, 0) is 37.6 Å². The Balaban J connectivity index is 1.46. The number of aryl methyl sites for hydroxylation is 2. The van der Waals surface area contributed by atoms with E-state index in [1.807, 2.05) is 31.2 Å². The summed E-state index contributed by atoms with van der Waals surface area (Å²) >= 11 is 1.20. The molecule has 0 saturated carbocycles. The molecule has 0 bridgehead atoms. The highest BCUT2D eigenvalue weighted by atomic mass is 32.1. The van der Waals surface area contributed by atoms with Gasteiger partial charge >= 0.3 is 0 Å². The highest BCUT2D eigenvalue weighted by molar-refractivity contribution is 7.15. The van der Waals surface area contributed by atoms with E-state index < -0.39 is 10.8 Å². The molecule has 2 amide bonds. The lowest BCUT2D eigenvalue weighted by atomic mass is 10.1. The first-order chi connectivity index (χ1) is 14.8. The SMILES string of the molecule is Cc1cccc(N2CC(c3nnc(NC(=O)c4ccc(C)c([N+](=O)[O-])c4)s3)CC2=O)c1. The molecule has 1 atom stereocenters. The molecule has 0 radical (unpaired) electrons. The third kappa shape index (κ3) is 4.29. The van der Waals surface area contributed by atoms with Gasteiger partial charge in [-0.25, -0.2) is 0 Å². The van der Waals surface area contributed by atoms with E-state index >= 15 is 0 Å². The number of carbonyl (C=O) groups excluding carboxylic acids is 2. The molecular weight excluding hydrogens is 418 g/mol. The van der Waals surface area contributed by atoms with Crippen LogP contribution in [0.2, 0.25) is 0 Å². The molecule has 158 valence electrons. The smallest absolute Gasteiger partial charge is 0.273 e. The number of aromatic nitrogens is 2. The molecule has 1 aliphatic heterocycles. The number of hydrogen-bond donors (Lipinski definition) is 1. The maximum Gasteiger partial charge on any atom is 0.273 e. The topological polar surface area (TPSA) is 118 Å². The summed E-state index contributed by atoms with van der Waals surface area (Å²) in [7, 11) is 0. The second-order valence-electron chi connectivity index (χ2n) is 7.40. The van der Waals surface area contributed by atoms with Crippen LogP contribution in [-0.4, -0.2) is 33.5 Å². The first-order valence-electron chi connectivity index (χ1n) is 9.58. The van der Waals surface area contributed by atoms with Crippen LogP contribution in [0.3, 0.4) is 0 Å². The number of anilines is 2. The fraction of sp³-hybridized carbons (Fsp3) is 0.238. The molecule has 9 nitrogen and oxygen atoms in total. The lowest BCUT2D eigenvalue weighted by Crippen LogP contribution is -2.24. The number of nitrogens with one attached hydrogen (secondary N) is 1. The van der Waals surface area contributed by atoms with Crippen molar-refractivity contribution in [1.29, 1.82) is 0 Å². The average molecular weight is 437 g/mol. The van der Waals surface area contributed by atoms with Gasteiger partial charge in [-0.3, -0.25) is 25.0 Å². The number of carbonyl (C=O) groups is 2. The predicted molar refractivity (Wildman–Crippen MR) is 117 cm³/mol. The van der Waals surface area contributed by atoms with E-state index in [1.165, 1.54) is 29.5 Å². The minimum Gasteiger partial charge on any atom is -0.312 e. The summed E-state index contributed by atoms with van der Waals surface area (Å²) in [6.45, 7) is 4.08. The second-order valence-corrected chi connectivity index (χ2v) is 8.41. The van der Waals surface area contributed by atoms with Gasteiger partial charge in [0.25, 0.3) is 11.6 Å². The van der Waals surface area contributed by atoms with Gasteiger partial charge in [0, 0.05) is 41.8 Å². The van der Waals surface area contributed by atoms with Crippen molar-refractivity contribution in [3.63, 3.8) is 0 Å². The first-order valence-corrected chi connectivity index (χ1v) is 10.4. The summed E-state index contributed by atoms with van der Waals surface area (Å²) in [4.78, 5) is 37.3. The van der Waals surface area contributed by atoms with Crippen LogP contribution in [0.1, 0.15) is 38.8 Å². The van der Waals surface area contributed by atoms with Crippen molar-refractivity contribution in [3.05, 3.63) is 74.3 Å². The third-order valence-electron chi connectivity index (χ3n) is 5.12. The Labute approximate surface area is 181 Å². The fourth-order valence-electron chi connectivity index (χ4n) is 3.49. The molecule has 3 aromatic rings. The maximum atomic E-state index is 12.5. The van der Waals surface area contributed by atoms with Gasteiger partial charge in [-0.2, -0.15) is 0 Å². The molecule has 4 rings (SSSR count). The van der Waals surface area contributed by atoms with Crippen LogP contribution in [0, 0.1) is 24.0 Å². The lowest BCUT2D eigenvalue weighted by Gasteiger charge is -2.16. The van der Waals surface area contributed by atoms with Crippen LogP contribution in [0.5, 0.6) is 0 Å². The number of hydrogen-bond acceptors (Lipinski definition) is 7. The van der Waals surface area contributed by atoms with Crippen molar-refractivity contribution < 1.29 is 14.5 Å². The number of benzene rings is 2. The highest BCUT2D eigenvalue weighted by Crippen LogP contribution is 2.34. The minimum absolute atomic E-state index is 0.0170. The van der Waals surface area contributed by atoms with Crippen LogP contribution in [0.25, 0.3) is 0 Å². The number of rotatable bonds is 5. The lowest BCUT2D eigenvalue weighted by molar-refractivity contribution is -0.385. The Morgan fingerprint density at radius 1 is 1.23 bits per heavy atom. The molecule has 0 aliphatic carbocycles. The summed E-state index contributed by atoms with van der Waals surface area (Å²) in [5.41, 5.74) is 2.45. The van der Waals surface area contributed by atoms with E-state index in [9.17, 15) is 19.7 Å². The van der Waals surface area contributed by atoms with Gasteiger partial charge in [-0.15, -0.1) is 10.2 Å². The van der Waals surface area contributed by atoms with Gasteiger partial charge in [-0.1, -0.05) is 29.5 Å². The van der Waals surface area contributed by atoms with Crippen molar-refractivity contribution in [3.8, 4) is 0 Å². The number of amides is 2. The van der Waals surface area contributed by atoms with E-state index in [4.69, 9.17) is 0 Å². The molecule has 1 saturated heterocycles. The summed E-state index contributed by atoms with van der Waals surface area (Å²) < 4.78 is 0. The zero-order valence-corrected chi connectivity index (χ0v) is 17.7. The Morgan fingerprint density at radius 2 is 2.03 bits per heavy atom. The Hall–Kier alpha value is -3.66. The zero-order chi connectivity index (χ0) is 22.1. The summed E-state index contributed by atoms with van der Waals surface area (Å²) in [5, 5.41) is 22.8. The van der Waals surface area contributed by atoms with E-state index in [2.05, 4.69) is 15.5 Å². The van der Waals surface area contributed by atoms with Gasteiger partial charge < -0.3 is 4.90 Å². The summed E-state index contributed by atoms with van der Waals surface area (Å²) in [6.07, 6.45) is 0.320. The molecule has 2 aromatic carbocycles. The Morgan fingerprint density at radius 3 is 2.77 bits per heavy atom. The largest absolute Gasteiger partial charge is 0.312 e. The highest BCUT2D eigenvalue weighted by Gasteiger charge is 2.34. The monoisotopic (exact) mass is 437 g/mol. The van der Waals surface area contributed by atoms with E-state index in [0.717, 1.165) is 11.3 Å². The van der Waals surface area contributed by atoms with Crippen LogP contribution >= 0.6 is 11.3 Å². The molecule has 1 unspecified atom stereocenters. The first kappa shape index (κ1) is 20.6. The third-order valence-corrected chi connectivity index (χ3v) is 6.12. The normalized spacial score (nSPS) is 15.9. The molecule has 0 spiro atoms. The molecule has 10 heteroatoms. The van der Waals surface area contributed by atoms with Gasteiger partial charge in [0.05, 0.1) is 4.92 Å².